The Bertz CT molecular complexity index is 801. The third-order valence-corrected chi connectivity index (χ3v) is 5.85. The summed E-state index contributed by atoms with van der Waals surface area (Å²) in [6, 6.07) is 9.81. The fraction of sp³-hybridized carbons (Fsp3) is 0.500. The van der Waals surface area contributed by atoms with Crippen LogP contribution in [0.1, 0.15) is 32.3 Å². The van der Waals surface area contributed by atoms with Crippen LogP contribution in [0.3, 0.4) is 0 Å². The summed E-state index contributed by atoms with van der Waals surface area (Å²) >= 11 is 0. The maximum atomic E-state index is 12.4. The van der Waals surface area contributed by atoms with Crippen LogP contribution < -0.4 is 4.90 Å². The number of nitrogens with one attached hydrogen (secondary N) is 1. The zero-order valence-corrected chi connectivity index (χ0v) is 18.0. The first-order chi connectivity index (χ1) is 14.3. The lowest BCUT2D eigenvalue weighted by atomic mass is 9.72. The van der Waals surface area contributed by atoms with Crippen LogP contribution in [0, 0.1) is 11.3 Å². The Labute approximate surface area is 178 Å². The number of ketones is 2. The van der Waals surface area contributed by atoms with E-state index in [1.54, 1.807) is 12.3 Å². The van der Waals surface area contributed by atoms with Gasteiger partial charge in [0.05, 0.1) is 39.3 Å². The second kappa shape index (κ2) is 9.94. The number of carbonyl (C=O) groups excluding carboxylic acids is 3. The third-order valence-electron chi connectivity index (χ3n) is 5.85. The molecule has 2 aliphatic rings. The minimum absolute atomic E-state index is 0.0111. The predicted molar refractivity (Wildman–Crippen MR) is 117 cm³/mol. The highest BCUT2D eigenvalue weighted by atomic mass is 16.2. The number of rotatable bonds is 6. The van der Waals surface area contributed by atoms with Gasteiger partial charge in [0, 0.05) is 25.1 Å². The molecule has 1 heterocycles. The van der Waals surface area contributed by atoms with Crippen molar-refractivity contribution in [2.75, 3.05) is 39.3 Å². The van der Waals surface area contributed by atoms with Crippen molar-refractivity contribution >= 4 is 29.8 Å². The maximum Gasteiger partial charge on any atom is 0.246 e. The van der Waals surface area contributed by atoms with Crippen molar-refractivity contribution in [3.63, 3.8) is 0 Å². The second-order valence-corrected chi connectivity index (χ2v) is 9.05. The highest BCUT2D eigenvalue weighted by Gasteiger charge is 2.38. The molecule has 1 aliphatic heterocycles. The first kappa shape index (κ1) is 22.1. The summed E-state index contributed by atoms with van der Waals surface area (Å²) in [5.74, 6) is -0.627. The predicted octanol–water partition coefficient (Wildman–Crippen LogP) is 1.07. The van der Waals surface area contributed by atoms with Crippen LogP contribution in [-0.2, 0) is 14.4 Å². The number of amides is 1. The highest BCUT2D eigenvalue weighted by Crippen LogP contribution is 2.33. The first-order valence-corrected chi connectivity index (χ1v) is 10.7. The number of piperazine rings is 1. The Kier molecular flexibility index (Phi) is 7.32. The summed E-state index contributed by atoms with van der Waals surface area (Å²) < 4.78 is 0. The number of benzene rings is 1. The Balaban J connectivity index is 1.38. The maximum absolute atomic E-state index is 12.4. The molecule has 3 rings (SSSR count). The van der Waals surface area contributed by atoms with Crippen molar-refractivity contribution < 1.29 is 19.3 Å². The monoisotopic (exact) mass is 410 g/mol. The fourth-order valence-corrected chi connectivity index (χ4v) is 4.10. The van der Waals surface area contributed by atoms with Crippen LogP contribution in [0.2, 0.25) is 0 Å². The number of nitrogens with zero attached hydrogens (tertiary/aromatic N) is 2. The van der Waals surface area contributed by atoms with Gasteiger partial charge in [0.15, 0.2) is 0 Å². The van der Waals surface area contributed by atoms with E-state index in [1.807, 2.05) is 55.2 Å². The molecular formula is C24H32N3O3+. The van der Waals surface area contributed by atoms with Crippen LogP contribution >= 0.6 is 0 Å². The standard InChI is InChI=1S/C24H31N3O3/c1-24(2)16-21(28)20(22(29)17-24)18-25-10-11-26-12-14-27(15-13-26)23(30)9-8-19-6-4-3-5-7-19/h3-9,18,20H,10-17H2,1-2H3/p+1/b9-8+,25-18?. The molecule has 0 aromatic heterocycles. The molecule has 30 heavy (non-hydrogen) atoms. The van der Waals surface area contributed by atoms with Crippen LogP contribution in [-0.4, -0.2) is 67.9 Å². The summed E-state index contributed by atoms with van der Waals surface area (Å²) in [4.78, 5) is 44.4. The summed E-state index contributed by atoms with van der Waals surface area (Å²) in [6.07, 6.45) is 5.94. The van der Waals surface area contributed by atoms with Gasteiger partial charge in [-0.2, -0.15) is 0 Å². The zero-order valence-electron chi connectivity index (χ0n) is 18.0. The normalized spacial score (nSPS) is 21.1. The smallest absolute Gasteiger partial charge is 0.246 e. The summed E-state index contributed by atoms with van der Waals surface area (Å²) in [7, 11) is 0. The number of aliphatic imine (C=N–C) groups is 1. The van der Waals surface area contributed by atoms with E-state index < -0.39 is 5.92 Å². The zero-order chi connectivity index (χ0) is 21.6. The number of quaternary nitrogens is 1. The summed E-state index contributed by atoms with van der Waals surface area (Å²) in [6.45, 7) is 8.59. The summed E-state index contributed by atoms with van der Waals surface area (Å²) in [5.41, 5.74) is 0.794. The lowest BCUT2D eigenvalue weighted by molar-refractivity contribution is -0.902. The molecule has 1 amide bonds. The van der Waals surface area contributed by atoms with E-state index in [4.69, 9.17) is 0 Å². The molecule has 1 aromatic rings. The van der Waals surface area contributed by atoms with Crippen LogP contribution in [0.25, 0.3) is 6.08 Å². The molecule has 1 N–H and O–H groups in total. The molecule has 1 saturated carbocycles. The molecule has 0 radical (unpaired) electrons. The van der Waals surface area contributed by atoms with E-state index in [9.17, 15) is 14.4 Å². The molecule has 0 unspecified atom stereocenters. The summed E-state index contributed by atoms with van der Waals surface area (Å²) in [5, 5.41) is 0. The molecule has 1 aliphatic carbocycles. The van der Waals surface area contributed by atoms with E-state index in [-0.39, 0.29) is 22.9 Å². The van der Waals surface area contributed by atoms with Gasteiger partial charge >= 0.3 is 0 Å². The van der Waals surface area contributed by atoms with E-state index in [0.29, 0.717) is 19.4 Å². The average Bonchev–Trinajstić information content (AvgIpc) is 2.71. The van der Waals surface area contributed by atoms with Gasteiger partial charge < -0.3 is 9.80 Å². The van der Waals surface area contributed by atoms with Gasteiger partial charge in [0.1, 0.15) is 17.5 Å². The van der Waals surface area contributed by atoms with Crippen molar-refractivity contribution in [3.8, 4) is 0 Å². The molecule has 0 spiro atoms. The van der Waals surface area contributed by atoms with Crippen molar-refractivity contribution in [1.82, 2.24) is 4.90 Å². The average molecular weight is 411 g/mol. The van der Waals surface area contributed by atoms with Gasteiger partial charge in [-0.25, -0.2) is 0 Å². The molecule has 1 aromatic carbocycles. The van der Waals surface area contributed by atoms with E-state index in [2.05, 4.69) is 4.99 Å². The van der Waals surface area contributed by atoms with Crippen molar-refractivity contribution in [3.05, 3.63) is 42.0 Å². The lowest BCUT2D eigenvalue weighted by Crippen LogP contribution is -3.15. The largest absolute Gasteiger partial charge is 0.330 e. The van der Waals surface area contributed by atoms with E-state index >= 15 is 0 Å². The highest BCUT2D eigenvalue weighted by molar-refractivity contribution is 6.16. The molecule has 6 nitrogen and oxygen atoms in total. The Morgan fingerprint density at radius 2 is 1.77 bits per heavy atom. The van der Waals surface area contributed by atoms with Gasteiger partial charge in [-0.3, -0.25) is 19.4 Å². The number of carbonyl (C=O) groups is 3. The molecular weight excluding hydrogens is 378 g/mol. The van der Waals surface area contributed by atoms with Crippen LogP contribution in [0.15, 0.2) is 41.4 Å². The number of Topliss-reactive ketones (excluding diaryl/α,β-unsaturated/α-hetero) is 2. The van der Waals surface area contributed by atoms with E-state index in [0.717, 1.165) is 38.3 Å². The van der Waals surface area contributed by atoms with Crippen molar-refractivity contribution in [1.29, 1.82) is 0 Å². The van der Waals surface area contributed by atoms with Crippen molar-refractivity contribution in [2.24, 2.45) is 16.3 Å². The number of hydrogen-bond donors (Lipinski definition) is 1. The van der Waals surface area contributed by atoms with Crippen LogP contribution in [0.4, 0.5) is 0 Å². The molecule has 6 heteroatoms. The minimum Gasteiger partial charge on any atom is -0.330 e. The Morgan fingerprint density at radius 1 is 1.13 bits per heavy atom. The van der Waals surface area contributed by atoms with E-state index in [1.165, 1.54) is 4.90 Å². The molecule has 1 saturated heterocycles. The van der Waals surface area contributed by atoms with Gasteiger partial charge in [0.25, 0.3) is 0 Å². The van der Waals surface area contributed by atoms with Gasteiger partial charge in [-0.15, -0.1) is 0 Å². The second-order valence-electron chi connectivity index (χ2n) is 9.05. The molecule has 0 atom stereocenters. The Hall–Kier alpha value is -2.60. The first-order valence-electron chi connectivity index (χ1n) is 10.7. The molecule has 0 bridgehead atoms. The fourth-order valence-electron chi connectivity index (χ4n) is 4.10. The SMILES string of the molecule is CC1(C)CC(=O)C(C=NCC[NH+]2CCN(C(=O)/C=C/c3ccccc3)CC2)C(=O)C1. The van der Waals surface area contributed by atoms with Gasteiger partial charge in [0.2, 0.25) is 5.91 Å². The topological polar surface area (TPSA) is 71.2 Å². The van der Waals surface area contributed by atoms with Gasteiger partial charge in [-0.05, 0) is 17.1 Å². The van der Waals surface area contributed by atoms with Crippen LogP contribution in [0.5, 0.6) is 0 Å². The minimum atomic E-state index is -0.654. The quantitative estimate of drug-likeness (QED) is 0.433. The molecule has 2 fully saturated rings. The molecule has 160 valence electrons. The lowest BCUT2D eigenvalue weighted by Gasteiger charge is -2.31. The van der Waals surface area contributed by atoms with Gasteiger partial charge in [-0.1, -0.05) is 44.2 Å². The number of hydrogen-bond acceptors (Lipinski definition) is 4. The Morgan fingerprint density at radius 3 is 2.40 bits per heavy atom. The van der Waals surface area contributed by atoms with Crippen molar-refractivity contribution in [2.45, 2.75) is 26.7 Å². The third kappa shape index (κ3) is 6.20.